The minimum atomic E-state index is -1.35. The molecule has 0 aliphatic heterocycles. The number of hydrogen-bond donors (Lipinski definition) is 2. The van der Waals surface area contributed by atoms with Crippen molar-refractivity contribution in [1.29, 1.82) is 0 Å². The Bertz CT molecular complexity index is 451. The molecule has 1 aromatic carbocycles. The summed E-state index contributed by atoms with van der Waals surface area (Å²) >= 11 is 5.65. The Labute approximate surface area is 101 Å². The molecule has 7 nitrogen and oxygen atoms in total. The summed E-state index contributed by atoms with van der Waals surface area (Å²) < 4.78 is 4.95. The Kier molecular flexibility index (Phi) is 4.24. The first-order chi connectivity index (χ1) is 7.95. The van der Waals surface area contributed by atoms with Crippen LogP contribution in [0.4, 0.5) is 5.69 Å². The third-order valence-electron chi connectivity index (χ3n) is 1.88. The minimum Gasteiger partial charge on any atom is -0.478 e. The molecule has 0 saturated heterocycles. The Morgan fingerprint density at radius 2 is 2.29 bits per heavy atom. The number of halogens is 1. The van der Waals surface area contributed by atoms with E-state index < -0.39 is 17.0 Å². The van der Waals surface area contributed by atoms with E-state index in [4.69, 9.17) is 27.2 Å². The maximum absolute atomic E-state index is 10.7. The highest BCUT2D eigenvalue weighted by molar-refractivity contribution is 6.30. The normalized spacial score (nSPS) is 11.9. The molecule has 92 valence electrons. The van der Waals surface area contributed by atoms with Crippen molar-refractivity contribution in [2.24, 2.45) is 5.73 Å². The van der Waals surface area contributed by atoms with E-state index in [1.165, 1.54) is 12.1 Å². The van der Waals surface area contributed by atoms with Gasteiger partial charge in [0, 0.05) is 23.7 Å². The van der Waals surface area contributed by atoms with Crippen LogP contribution in [0.25, 0.3) is 0 Å². The van der Waals surface area contributed by atoms with Gasteiger partial charge in [0.25, 0.3) is 0 Å². The number of carboxylic acid groups (broad SMARTS) is 1. The third-order valence-corrected chi connectivity index (χ3v) is 2.11. The summed E-state index contributed by atoms with van der Waals surface area (Å²) in [5, 5.41) is 19.6. The average molecular weight is 261 g/mol. The summed E-state index contributed by atoms with van der Waals surface area (Å²) in [6.07, 6.45) is -1.35. The van der Waals surface area contributed by atoms with Crippen LogP contribution in [0.3, 0.4) is 0 Å². The van der Waals surface area contributed by atoms with E-state index in [-0.39, 0.29) is 23.0 Å². The van der Waals surface area contributed by atoms with Crippen molar-refractivity contribution in [2.75, 3.05) is 6.54 Å². The predicted octanol–water partition coefficient (Wildman–Crippen LogP) is 1.04. The van der Waals surface area contributed by atoms with Gasteiger partial charge in [-0.05, 0) is 6.07 Å². The van der Waals surface area contributed by atoms with Gasteiger partial charge in [-0.25, -0.2) is 4.79 Å². The van der Waals surface area contributed by atoms with Crippen LogP contribution >= 0.6 is 11.6 Å². The Morgan fingerprint density at radius 1 is 1.65 bits per heavy atom. The first-order valence-corrected chi connectivity index (χ1v) is 4.87. The van der Waals surface area contributed by atoms with Crippen LogP contribution in [-0.2, 0) is 4.79 Å². The maximum Gasteiger partial charge on any atom is 0.346 e. The van der Waals surface area contributed by atoms with Crippen molar-refractivity contribution in [3.8, 4) is 5.75 Å². The van der Waals surface area contributed by atoms with E-state index in [0.29, 0.717) is 0 Å². The van der Waals surface area contributed by atoms with E-state index >= 15 is 0 Å². The minimum absolute atomic E-state index is 0.201. The lowest BCUT2D eigenvalue weighted by atomic mass is 10.3. The van der Waals surface area contributed by atoms with E-state index in [2.05, 4.69) is 0 Å². The summed E-state index contributed by atoms with van der Waals surface area (Å²) in [4.78, 5) is 20.7. The van der Waals surface area contributed by atoms with E-state index in [9.17, 15) is 14.9 Å². The van der Waals surface area contributed by atoms with Gasteiger partial charge in [0.15, 0.2) is 5.75 Å². The quantitative estimate of drug-likeness (QED) is 0.603. The zero-order valence-electron chi connectivity index (χ0n) is 8.50. The van der Waals surface area contributed by atoms with Gasteiger partial charge in [0.1, 0.15) is 0 Å². The fraction of sp³-hybridized carbons (Fsp3) is 0.222. The van der Waals surface area contributed by atoms with Crippen LogP contribution in [0.1, 0.15) is 0 Å². The zero-order chi connectivity index (χ0) is 13.0. The van der Waals surface area contributed by atoms with Crippen molar-refractivity contribution in [3.63, 3.8) is 0 Å². The molecule has 8 heteroatoms. The van der Waals surface area contributed by atoms with Crippen molar-refractivity contribution in [1.82, 2.24) is 0 Å². The molecule has 17 heavy (non-hydrogen) atoms. The van der Waals surface area contributed by atoms with Crippen molar-refractivity contribution in [2.45, 2.75) is 6.10 Å². The first kappa shape index (κ1) is 13.2. The zero-order valence-corrected chi connectivity index (χ0v) is 9.26. The summed E-state index contributed by atoms with van der Waals surface area (Å²) in [5.74, 6) is -1.53. The van der Waals surface area contributed by atoms with Crippen LogP contribution in [-0.4, -0.2) is 28.6 Å². The number of nitrogens with zero attached hydrogens (tertiary/aromatic N) is 1. The highest BCUT2D eigenvalue weighted by Crippen LogP contribution is 2.30. The van der Waals surface area contributed by atoms with Gasteiger partial charge >= 0.3 is 11.7 Å². The number of nitro groups is 1. The molecule has 0 amide bonds. The molecular weight excluding hydrogens is 252 g/mol. The lowest BCUT2D eigenvalue weighted by Crippen LogP contribution is -2.34. The van der Waals surface area contributed by atoms with Crippen LogP contribution in [0.5, 0.6) is 5.75 Å². The number of benzene rings is 1. The molecule has 0 bridgehead atoms. The van der Waals surface area contributed by atoms with E-state index in [1.54, 1.807) is 0 Å². The van der Waals surface area contributed by atoms with Gasteiger partial charge in [-0.3, -0.25) is 10.1 Å². The van der Waals surface area contributed by atoms with E-state index in [0.717, 1.165) is 6.07 Å². The van der Waals surface area contributed by atoms with Gasteiger partial charge in [-0.1, -0.05) is 11.6 Å². The molecule has 1 aromatic rings. The molecule has 1 atom stereocenters. The third kappa shape index (κ3) is 3.30. The second kappa shape index (κ2) is 5.46. The van der Waals surface area contributed by atoms with Crippen LogP contribution < -0.4 is 10.5 Å². The van der Waals surface area contributed by atoms with Gasteiger partial charge in [-0.15, -0.1) is 0 Å². The summed E-state index contributed by atoms with van der Waals surface area (Å²) in [7, 11) is 0. The van der Waals surface area contributed by atoms with Crippen molar-refractivity contribution < 1.29 is 19.6 Å². The lowest BCUT2D eigenvalue weighted by molar-refractivity contribution is -0.386. The molecule has 0 fully saturated rings. The molecule has 0 heterocycles. The van der Waals surface area contributed by atoms with Crippen molar-refractivity contribution in [3.05, 3.63) is 33.3 Å². The number of carbonyl (C=O) groups is 1. The molecule has 0 aliphatic rings. The molecular formula is C9H9ClN2O5. The fourth-order valence-electron chi connectivity index (χ4n) is 1.09. The highest BCUT2D eigenvalue weighted by atomic mass is 35.5. The lowest BCUT2D eigenvalue weighted by Gasteiger charge is -2.12. The Hall–Kier alpha value is -1.86. The number of rotatable bonds is 5. The molecule has 0 spiro atoms. The second-order valence-corrected chi connectivity index (χ2v) is 3.49. The number of aliphatic carboxylic acids is 1. The van der Waals surface area contributed by atoms with Crippen LogP contribution in [0, 0.1) is 10.1 Å². The predicted molar refractivity (Wildman–Crippen MR) is 59.2 cm³/mol. The largest absolute Gasteiger partial charge is 0.478 e. The summed E-state index contributed by atoms with van der Waals surface area (Å²) in [6, 6.07) is 3.61. The topological polar surface area (TPSA) is 116 Å². The average Bonchev–Trinajstić information content (AvgIpc) is 2.25. The Morgan fingerprint density at radius 3 is 2.76 bits per heavy atom. The molecule has 0 saturated carbocycles. The molecule has 3 N–H and O–H groups in total. The maximum atomic E-state index is 10.7. The smallest absolute Gasteiger partial charge is 0.346 e. The van der Waals surface area contributed by atoms with Gasteiger partial charge in [0.05, 0.1) is 4.92 Å². The number of nitro benzene ring substituents is 1. The molecule has 1 unspecified atom stereocenters. The number of nitrogens with two attached hydrogens (primary N) is 1. The standard InChI is InChI=1S/C9H9ClN2O5/c10-5-1-2-6(12(15)16)7(3-5)17-8(4-11)9(13)14/h1-3,8H,4,11H2,(H,13,14). The van der Waals surface area contributed by atoms with Crippen molar-refractivity contribution >= 4 is 23.3 Å². The Balaban J connectivity index is 3.07. The molecule has 0 radical (unpaired) electrons. The molecule has 1 rings (SSSR count). The van der Waals surface area contributed by atoms with Crippen LogP contribution in [0.15, 0.2) is 18.2 Å². The number of ether oxygens (including phenoxy) is 1. The monoisotopic (exact) mass is 260 g/mol. The second-order valence-electron chi connectivity index (χ2n) is 3.05. The molecule has 0 aromatic heterocycles. The van der Waals surface area contributed by atoms with Gasteiger partial charge < -0.3 is 15.6 Å². The fourth-order valence-corrected chi connectivity index (χ4v) is 1.25. The SMILES string of the molecule is NCC(Oc1cc(Cl)ccc1[N+](=O)[O-])C(=O)O. The van der Waals surface area contributed by atoms with E-state index in [1.807, 2.05) is 0 Å². The van der Waals surface area contributed by atoms with Crippen LogP contribution in [0.2, 0.25) is 5.02 Å². The summed E-state index contributed by atoms with van der Waals surface area (Å²) in [5.41, 5.74) is 4.81. The summed E-state index contributed by atoms with van der Waals surface area (Å²) in [6.45, 7) is -0.307. The highest BCUT2D eigenvalue weighted by Gasteiger charge is 2.23. The number of carboxylic acids is 1. The number of hydrogen-bond acceptors (Lipinski definition) is 5. The first-order valence-electron chi connectivity index (χ1n) is 4.49. The molecule has 0 aliphatic carbocycles. The van der Waals surface area contributed by atoms with Gasteiger partial charge in [0.2, 0.25) is 6.10 Å². The van der Waals surface area contributed by atoms with Gasteiger partial charge in [-0.2, -0.15) is 0 Å².